The van der Waals surface area contributed by atoms with E-state index < -0.39 is 18.0 Å². The SMILES string of the molecule is CC(OC(=O)c1c2c(nc3ccccc13)CCN(Cc1ccccc1)C2)C(=O)Nc1ccc(Cl)cc1. The van der Waals surface area contributed by atoms with Crippen LogP contribution in [-0.2, 0) is 29.0 Å². The Morgan fingerprint density at radius 1 is 1.03 bits per heavy atom. The van der Waals surface area contributed by atoms with Crippen LogP contribution in [0.4, 0.5) is 5.69 Å². The Kier molecular flexibility index (Phi) is 6.98. The number of pyridine rings is 1. The minimum absolute atomic E-state index is 0.413. The number of fused-ring (bicyclic) bond motifs is 2. The number of anilines is 1. The summed E-state index contributed by atoms with van der Waals surface area (Å²) in [5.41, 5.74) is 4.80. The van der Waals surface area contributed by atoms with Crippen molar-refractivity contribution >= 4 is 40.1 Å². The first-order valence-electron chi connectivity index (χ1n) is 11.9. The van der Waals surface area contributed by atoms with Gasteiger partial charge >= 0.3 is 5.97 Å². The van der Waals surface area contributed by atoms with Crippen molar-refractivity contribution in [3.63, 3.8) is 0 Å². The average Bonchev–Trinajstić information content (AvgIpc) is 2.89. The van der Waals surface area contributed by atoms with E-state index in [1.165, 1.54) is 5.56 Å². The van der Waals surface area contributed by atoms with Crippen LogP contribution in [-0.4, -0.2) is 34.4 Å². The highest BCUT2D eigenvalue weighted by molar-refractivity contribution is 6.30. The second-order valence-electron chi connectivity index (χ2n) is 8.92. The van der Waals surface area contributed by atoms with Crippen molar-refractivity contribution in [3.8, 4) is 0 Å². The fraction of sp³-hybridized carbons (Fsp3) is 0.207. The van der Waals surface area contributed by atoms with Gasteiger partial charge in [-0.3, -0.25) is 14.7 Å². The molecule has 1 amide bonds. The summed E-state index contributed by atoms with van der Waals surface area (Å²) >= 11 is 5.92. The summed E-state index contributed by atoms with van der Waals surface area (Å²) in [5, 5.41) is 4.07. The normalized spacial score (nSPS) is 14.2. The first-order valence-corrected chi connectivity index (χ1v) is 12.3. The van der Waals surface area contributed by atoms with E-state index in [0.29, 0.717) is 22.8 Å². The lowest BCUT2D eigenvalue weighted by Gasteiger charge is -2.30. The number of benzene rings is 3. The molecule has 0 radical (unpaired) electrons. The molecule has 0 aliphatic carbocycles. The van der Waals surface area contributed by atoms with Gasteiger partial charge in [0.15, 0.2) is 6.10 Å². The molecule has 182 valence electrons. The second-order valence-corrected chi connectivity index (χ2v) is 9.36. The first kappa shape index (κ1) is 24.0. The van der Waals surface area contributed by atoms with Gasteiger partial charge in [-0.05, 0) is 42.8 Å². The summed E-state index contributed by atoms with van der Waals surface area (Å²) in [6.45, 7) is 3.78. The van der Waals surface area contributed by atoms with Crippen LogP contribution in [0.15, 0.2) is 78.9 Å². The molecule has 2 heterocycles. The molecule has 0 bridgehead atoms. The molecule has 36 heavy (non-hydrogen) atoms. The molecular weight excluding hydrogens is 474 g/mol. The number of hydrogen-bond acceptors (Lipinski definition) is 5. The highest BCUT2D eigenvalue weighted by Gasteiger charge is 2.28. The summed E-state index contributed by atoms with van der Waals surface area (Å²) in [4.78, 5) is 33.4. The third-order valence-corrected chi connectivity index (χ3v) is 6.60. The molecule has 1 aliphatic heterocycles. The zero-order valence-corrected chi connectivity index (χ0v) is 20.7. The lowest BCUT2D eigenvalue weighted by atomic mass is 9.95. The number of nitrogens with zero attached hydrogens (tertiary/aromatic N) is 2. The summed E-state index contributed by atoms with van der Waals surface area (Å²) in [7, 11) is 0. The van der Waals surface area contributed by atoms with Crippen LogP contribution in [0.3, 0.4) is 0 Å². The van der Waals surface area contributed by atoms with Gasteiger partial charge < -0.3 is 10.1 Å². The number of para-hydroxylation sites is 1. The lowest BCUT2D eigenvalue weighted by molar-refractivity contribution is -0.123. The number of carbonyl (C=O) groups is 2. The lowest BCUT2D eigenvalue weighted by Crippen LogP contribution is -2.34. The Hall–Kier alpha value is -3.74. The standard InChI is InChI=1S/C29H26ClN3O3/c1-19(28(34)31-22-13-11-21(30)12-14-22)36-29(35)27-23-9-5-6-10-25(23)32-26-15-16-33(18-24(26)27)17-20-7-3-2-4-8-20/h2-14,19H,15-18H2,1H3,(H,31,34). The van der Waals surface area contributed by atoms with E-state index in [1.54, 1.807) is 31.2 Å². The van der Waals surface area contributed by atoms with E-state index in [4.69, 9.17) is 21.3 Å². The van der Waals surface area contributed by atoms with Gasteiger partial charge in [-0.25, -0.2) is 4.79 Å². The maximum absolute atomic E-state index is 13.5. The molecule has 1 aliphatic rings. The summed E-state index contributed by atoms with van der Waals surface area (Å²) < 4.78 is 5.70. The highest BCUT2D eigenvalue weighted by atomic mass is 35.5. The van der Waals surface area contributed by atoms with Gasteiger partial charge in [0.1, 0.15) is 0 Å². The van der Waals surface area contributed by atoms with Crippen molar-refractivity contribution in [2.24, 2.45) is 0 Å². The number of rotatable bonds is 6. The molecule has 0 spiro atoms. The van der Waals surface area contributed by atoms with Crippen LogP contribution in [0.2, 0.25) is 5.02 Å². The van der Waals surface area contributed by atoms with Crippen molar-refractivity contribution in [3.05, 3.63) is 106 Å². The highest BCUT2D eigenvalue weighted by Crippen LogP contribution is 2.30. The number of ether oxygens (including phenoxy) is 1. The Morgan fingerprint density at radius 2 is 1.75 bits per heavy atom. The second kappa shape index (κ2) is 10.5. The van der Waals surface area contributed by atoms with Gasteiger partial charge in [-0.1, -0.05) is 60.1 Å². The molecule has 1 aromatic heterocycles. The average molecular weight is 500 g/mol. The zero-order chi connectivity index (χ0) is 25.1. The van der Waals surface area contributed by atoms with Crippen molar-refractivity contribution in [1.82, 2.24) is 9.88 Å². The zero-order valence-electron chi connectivity index (χ0n) is 19.9. The Balaban J connectivity index is 1.40. The number of carbonyl (C=O) groups excluding carboxylic acids is 2. The molecule has 1 unspecified atom stereocenters. The van der Waals surface area contributed by atoms with Crippen LogP contribution in [0.5, 0.6) is 0 Å². The van der Waals surface area contributed by atoms with Gasteiger partial charge in [-0.2, -0.15) is 0 Å². The minimum Gasteiger partial charge on any atom is -0.449 e. The van der Waals surface area contributed by atoms with Gasteiger partial charge in [0.2, 0.25) is 0 Å². The molecule has 1 atom stereocenters. The molecule has 1 N–H and O–H groups in total. The number of hydrogen-bond donors (Lipinski definition) is 1. The maximum atomic E-state index is 13.5. The monoisotopic (exact) mass is 499 g/mol. The molecule has 5 rings (SSSR count). The van der Waals surface area contributed by atoms with Crippen LogP contribution < -0.4 is 5.32 Å². The van der Waals surface area contributed by atoms with Gasteiger partial charge in [0.05, 0.1) is 11.1 Å². The number of amides is 1. The number of aromatic nitrogens is 1. The molecule has 4 aromatic rings. The molecule has 0 saturated carbocycles. The van der Waals surface area contributed by atoms with E-state index in [9.17, 15) is 9.59 Å². The summed E-state index contributed by atoms with van der Waals surface area (Å²) in [5.74, 6) is -0.936. The van der Waals surface area contributed by atoms with Crippen LogP contribution in [0, 0.1) is 0 Å². The smallest absolute Gasteiger partial charge is 0.339 e. The van der Waals surface area contributed by atoms with Crippen molar-refractivity contribution < 1.29 is 14.3 Å². The molecule has 6 nitrogen and oxygen atoms in total. The quantitative estimate of drug-likeness (QED) is 0.348. The van der Waals surface area contributed by atoms with Crippen LogP contribution in [0.25, 0.3) is 10.9 Å². The largest absolute Gasteiger partial charge is 0.449 e. The number of nitrogens with one attached hydrogen (secondary N) is 1. The fourth-order valence-electron chi connectivity index (χ4n) is 4.51. The Bertz CT molecular complexity index is 1410. The molecule has 0 fully saturated rings. The van der Waals surface area contributed by atoms with Crippen molar-refractivity contribution in [2.45, 2.75) is 32.5 Å². The van der Waals surface area contributed by atoms with Gasteiger partial charge in [0.25, 0.3) is 5.91 Å². The molecule has 3 aromatic carbocycles. The van der Waals surface area contributed by atoms with E-state index in [2.05, 4.69) is 22.3 Å². The van der Waals surface area contributed by atoms with E-state index in [0.717, 1.165) is 41.7 Å². The Labute approximate surface area is 214 Å². The maximum Gasteiger partial charge on any atom is 0.339 e. The van der Waals surface area contributed by atoms with Crippen LogP contribution in [0.1, 0.15) is 34.1 Å². The van der Waals surface area contributed by atoms with Gasteiger partial charge in [0, 0.05) is 53.4 Å². The molecule has 0 saturated heterocycles. The Morgan fingerprint density at radius 3 is 2.53 bits per heavy atom. The molecule has 7 heteroatoms. The predicted octanol–water partition coefficient (Wildman–Crippen LogP) is 5.63. The number of esters is 1. The third kappa shape index (κ3) is 5.25. The predicted molar refractivity (Wildman–Crippen MR) is 141 cm³/mol. The van der Waals surface area contributed by atoms with E-state index in [1.807, 2.05) is 42.5 Å². The fourth-order valence-corrected chi connectivity index (χ4v) is 4.63. The minimum atomic E-state index is -0.986. The topological polar surface area (TPSA) is 71.5 Å². The summed E-state index contributed by atoms with van der Waals surface area (Å²) in [6, 6.07) is 24.6. The van der Waals surface area contributed by atoms with Crippen LogP contribution >= 0.6 is 11.6 Å². The van der Waals surface area contributed by atoms with Crippen molar-refractivity contribution in [2.75, 3.05) is 11.9 Å². The molecular formula is C29H26ClN3O3. The van der Waals surface area contributed by atoms with Crippen molar-refractivity contribution in [1.29, 1.82) is 0 Å². The van der Waals surface area contributed by atoms with E-state index in [-0.39, 0.29) is 0 Å². The third-order valence-electron chi connectivity index (χ3n) is 6.34. The summed E-state index contributed by atoms with van der Waals surface area (Å²) in [6.07, 6.45) is -0.250. The number of halogens is 1. The van der Waals surface area contributed by atoms with Gasteiger partial charge in [-0.15, -0.1) is 0 Å². The first-order chi connectivity index (χ1) is 17.5. The van der Waals surface area contributed by atoms with E-state index >= 15 is 0 Å².